The molecule has 5 nitrogen and oxygen atoms in total. The van der Waals surface area contributed by atoms with E-state index in [-0.39, 0.29) is 11.1 Å². The Morgan fingerprint density at radius 1 is 1.33 bits per heavy atom. The predicted octanol–water partition coefficient (Wildman–Crippen LogP) is 2.56. The normalized spacial score (nSPS) is 10.8. The molecular weight excluding hydrogens is 286 g/mol. The van der Waals surface area contributed by atoms with Gasteiger partial charge in [0.25, 0.3) is 11.5 Å². The number of nitrogens with one attached hydrogen (secondary N) is 1. The fourth-order valence-corrected chi connectivity index (χ4v) is 2.98. The number of aromatic nitrogens is 2. The number of amides is 1. The Morgan fingerprint density at radius 2 is 2.14 bits per heavy atom. The first-order chi connectivity index (χ1) is 10.0. The van der Waals surface area contributed by atoms with Gasteiger partial charge in [0.15, 0.2) is 5.13 Å². The summed E-state index contributed by atoms with van der Waals surface area (Å²) in [5, 5.41) is 3.18. The van der Waals surface area contributed by atoms with Crippen molar-refractivity contribution in [3.63, 3.8) is 0 Å². The zero-order chi connectivity index (χ0) is 15.0. The van der Waals surface area contributed by atoms with Crippen molar-refractivity contribution in [2.24, 2.45) is 7.05 Å². The largest absolute Gasteiger partial charge is 0.318 e. The van der Waals surface area contributed by atoms with E-state index in [1.54, 1.807) is 19.3 Å². The van der Waals surface area contributed by atoms with Crippen LogP contribution in [0.1, 0.15) is 15.9 Å². The molecule has 21 heavy (non-hydrogen) atoms. The van der Waals surface area contributed by atoms with Crippen LogP contribution in [0.5, 0.6) is 0 Å². The number of hydrogen-bond donors (Lipinski definition) is 1. The summed E-state index contributed by atoms with van der Waals surface area (Å²) in [6, 6.07) is 9.08. The van der Waals surface area contributed by atoms with Crippen LogP contribution in [0.25, 0.3) is 10.2 Å². The van der Waals surface area contributed by atoms with Gasteiger partial charge < -0.3 is 4.57 Å². The molecule has 0 aliphatic carbocycles. The number of carbonyl (C=O) groups is 1. The fourth-order valence-electron chi connectivity index (χ4n) is 2.02. The molecule has 0 fully saturated rings. The summed E-state index contributed by atoms with van der Waals surface area (Å²) in [6.45, 7) is 2.01. The molecule has 0 radical (unpaired) electrons. The van der Waals surface area contributed by atoms with E-state index in [0.717, 1.165) is 15.8 Å². The molecular formula is C15H13N3O2S. The number of thiazole rings is 1. The number of benzene rings is 1. The molecule has 0 bridgehead atoms. The van der Waals surface area contributed by atoms with Crippen LogP contribution >= 0.6 is 11.3 Å². The van der Waals surface area contributed by atoms with E-state index in [0.29, 0.717) is 5.13 Å². The minimum absolute atomic E-state index is 0.107. The first kappa shape index (κ1) is 13.5. The number of carbonyl (C=O) groups excluding carboxylic acids is 1. The van der Waals surface area contributed by atoms with Gasteiger partial charge in [0, 0.05) is 13.2 Å². The van der Waals surface area contributed by atoms with Crippen molar-refractivity contribution in [1.82, 2.24) is 9.55 Å². The molecule has 0 aliphatic rings. The number of rotatable bonds is 2. The Bertz CT molecular complexity index is 895. The summed E-state index contributed by atoms with van der Waals surface area (Å²) in [7, 11) is 1.61. The van der Waals surface area contributed by atoms with E-state index in [1.165, 1.54) is 22.0 Å². The van der Waals surface area contributed by atoms with Crippen LogP contribution in [0.15, 0.2) is 41.3 Å². The van der Waals surface area contributed by atoms with Gasteiger partial charge >= 0.3 is 0 Å². The molecule has 0 aliphatic heterocycles. The van der Waals surface area contributed by atoms with Crippen LogP contribution in [-0.2, 0) is 7.05 Å². The topological polar surface area (TPSA) is 64.0 Å². The van der Waals surface area contributed by atoms with Crippen molar-refractivity contribution >= 4 is 32.6 Å². The lowest BCUT2D eigenvalue weighted by Gasteiger charge is -2.02. The summed E-state index contributed by atoms with van der Waals surface area (Å²) in [5.41, 5.74) is 1.75. The SMILES string of the molecule is Cc1ccc2nc(NC(=O)c3cccn(C)c3=O)sc2c1. The smallest absolute Gasteiger partial charge is 0.263 e. The molecule has 3 rings (SSSR count). The lowest BCUT2D eigenvalue weighted by Crippen LogP contribution is -2.26. The lowest BCUT2D eigenvalue weighted by molar-refractivity contribution is 0.102. The van der Waals surface area contributed by atoms with Gasteiger partial charge in [0.1, 0.15) is 5.56 Å². The Hall–Kier alpha value is -2.47. The number of fused-ring (bicyclic) bond motifs is 1. The van der Waals surface area contributed by atoms with Crippen molar-refractivity contribution in [1.29, 1.82) is 0 Å². The van der Waals surface area contributed by atoms with Crippen molar-refractivity contribution in [3.05, 3.63) is 58.0 Å². The molecule has 2 heterocycles. The minimum atomic E-state index is -0.438. The second-order valence-electron chi connectivity index (χ2n) is 4.78. The highest BCUT2D eigenvalue weighted by Crippen LogP contribution is 2.26. The number of aryl methyl sites for hydroxylation is 2. The highest BCUT2D eigenvalue weighted by molar-refractivity contribution is 7.22. The van der Waals surface area contributed by atoms with E-state index in [9.17, 15) is 9.59 Å². The third-order valence-corrected chi connectivity index (χ3v) is 4.07. The van der Waals surface area contributed by atoms with Gasteiger partial charge in [-0.05, 0) is 36.8 Å². The van der Waals surface area contributed by atoms with Gasteiger partial charge in [0.05, 0.1) is 10.2 Å². The highest BCUT2D eigenvalue weighted by atomic mass is 32.1. The zero-order valence-electron chi connectivity index (χ0n) is 11.6. The monoisotopic (exact) mass is 299 g/mol. The number of nitrogens with zero attached hydrogens (tertiary/aromatic N) is 2. The van der Waals surface area contributed by atoms with Gasteiger partial charge in [-0.15, -0.1) is 0 Å². The lowest BCUT2D eigenvalue weighted by atomic mass is 10.2. The fraction of sp³-hybridized carbons (Fsp3) is 0.133. The van der Waals surface area contributed by atoms with Crippen molar-refractivity contribution in [3.8, 4) is 0 Å². The molecule has 0 spiro atoms. The average molecular weight is 299 g/mol. The molecule has 0 saturated carbocycles. The first-order valence-corrected chi connectivity index (χ1v) is 7.20. The maximum absolute atomic E-state index is 12.2. The minimum Gasteiger partial charge on any atom is -0.318 e. The Balaban J connectivity index is 1.92. The molecule has 3 aromatic rings. The van der Waals surface area contributed by atoms with E-state index in [1.807, 2.05) is 25.1 Å². The summed E-state index contributed by atoms with van der Waals surface area (Å²) < 4.78 is 2.38. The van der Waals surface area contributed by atoms with Crippen LogP contribution in [0.2, 0.25) is 0 Å². The maximum atomic E-state index is 12.2. The molecule has 0 atom stereocenters. The van der Waals surface area contributed by atoms with Crippen molar-refractivity contribution < 1.29 is 4.79 Å². The Labute approximate surface area is 124 Å². The standard InChI is InChI=1S/C15H13N3O2S/c1-9-5-6-11-12(8-9)21-15(16-11)17-13(19)10-4-3-7-18(2)14(10)20/h3-8H,1-2H3,(H,16,17,19). The quantitative estimate of drug-likeness (QED) is 0.791. The molecule has 106 valence electrons. The number of pyridine rings is 1. The van der Waals surface area contributed by atoms with Gasteiger partial charge in [-0.1, -0.05) is 17.4 Å². The highest BCUT2D eigenvalue weighted by Gasteiger charge is 2.13. The molecule has 1 aromatic carbocycles. The van der Waals surface area contributed by atoms with Crippen LogP contribution in [0.3, 0.4) is 0 Å². The first-order valence-electron chi connectivity index (χ1n) is 6.39. The average Bonchev–Trinajstić information content (AvgIpc) is 2.83. The third kappa shape index (κ3) is 2.57. The summed E-state index contributed by atoms with van der Waals surface area (Å²) in [5.74, 6) is -0.438. The molecule has 1 N–H and O–H groups in total. The predicted molar refractivity (Wildman–Crippen MR) is 84.0 cm³/mol. The zero-order valence-corrected chi connectivity index (χ0v) is 12.4. The Kier molecular flexibility index (Phi) is 3.31. The van der Waals surface area contributed by atoms with Gasteiger partial charge in [-0.3, -0.25) is 14.9 Å². The van der Waals surface area contributed by atoms with Crippen LogP contribution < -0.4 is 10.9 Å². The second kappa shape index (κ2) is 5.14. The van der Waals surface area contributed by atoms with Crippen LogP contribution in [-0.4, -0.2) is 15.5 Å². The van der Waals surface area contributed by atoms with Gasteiger partial charge in [-0.25, -0.2) is 4.98 Å². The summed E-state index contributed by atoms with van der Waals surface area (Å²) >= 11 is 1.39. The summed E-state index contributed by atoms with van der Waals surface area (Å²) in [4.78, 5) is 28.4. The molecule has 0 unspecified atom stereocenters. The second-order valence-corrected chi connectivity index (χ2v) is 5.81. The maximum Gasteiger partial charge on any atom is 0.263 e. The van der Waals surface area contributed by atoms with Crippen molar-refractivity contribution in [2.45, 2.75) is 6.92 Å². The summed E-state index contributed by atoms with van der Waals surface area (Å²) in [6.07, 6.45) is 1.61. The molecule has 6 heteroatoms. The van der Waals surface area contributed by atoms with Gasteiger partial charge in [0.2, 0.25) is 0 Å². The van der Waals surface area contributed by atoms with Crippen LogP contribution in [0.4, 0.5) is 5.13 Å². The van der Waals surface area contributed by atoms with Crippen molar-refractivity contribution in [2.75, 3.05) is 5.32 Å². The van der Waals surface area contributed by atoms with E-state index in [4.69, 9.17) is 0 Å². The van der Waals surface area contributed by atoms with E-state index in [2.05, 4.69) is 10.3 Å². The third-order valence-electron chi connectivity index (χ3n) is 3.13. The molecule has 0 saturated heterocycles. The number of hydrogen-bond acceptors (Lipinski definition) is 4. The van der Waals surface area contributed by atoms with E-state index < -0.39 is 5.91 Å². The van der Waals surface area contributed by atoms with Gasteiger partial charge in [-0.2, -0.15) is 0 Å². The Morgan fingerprint density at radius 3 is 2.95 bits per heavy atom. The molecule has 1 amide bonds. The van der Waals surface area contributed by atoms with E-state index >= 15 is 0 Å². The number of anilines is 1. The van der Waals surface area contributed by atoms with Crippen LogP contribution in [0, 0.1) is 6.92 Å². The molecule has 2 aromatic heterocycles.